The lowest BCUT2D eigenvalue weighted by molar-refractivity contribution is 0.414. The first-order chi connectivity index (χ1) is 9.86. The van der Waals surface area contributed by atoms with Gasteiger partial charge in [-0.2, -0.15) is 0 Å². The molecule has 104 valence electrons. The lowest BCUT2D eigenvalue weighted by Gasteiger charge is -2.26. The lowest BCUT2D eigenvalue weighted by Crippen LogP contribution is -2.28. The zero-order valence-electron chi connectivity index (χ0n) is 11.9. The van der Waals surface area contributed by atoms with Gasteiger partial charge in [-0.25, -0.2) is 0 Å². The van der Waals surface area contributed by atoms with Crippen LogP contribution >= 0.6 is 0 Å². The predicted octanol–water partition coefficient (Wildman–Crippen LogP) is 3.51. The number of hydrogen-bond donors (Lipinski definition) is 1. The molecule has 0 bridgehead atoms. The Kier molecular flexibility index (Phi) is 4.03. The minimum absolute atomic E-state index is 0.627. The van der Waals surface area contributed by atoms with Crippen molar-refractivity contribution >= 4 is 0 Å². The fraction of sp³-hybridized carbons (Fsp3) is 0.333. The van der Waals surface area contributed by atoms with E-state index in [4.69, 9.17) is 4.74 Å². The third-order valence-electron chi connectivity index (χ3n) is 4.14. The number of methoxy groups -OCH3 is 1. The van der Waals surface area contributed by atoms with Crippen molar-refractivity contribution in [1.29, 1.82) is 0 Å². The summed E-state index contributed by atoms with van der Waals surface area (Å²) in [6.45, 7) is 2.10. The minimum atomic E-state index is 0.627. The number of aryl methyl sites for hydroxylation is 1. The first-order valence-electron chi connectivity index (χ1n) is 7.28. The van der Waals surface area contributed by atoms with Gasteiger partial charge < -0.3 is 10.1 Å². The third-order valence-corrected chi connectivity index (χ3v) is 4.14. The molecule has 0 saturated carbocycles. The van der Waals surface area contributed by atoms with Crippen LogP contribution in [-0.4, -0.2) is 13.7 Å². The van der Waals surface area contributed by atoms with E-state index in [2.05, 4.69) is 41.7 Å². The van der Waals surface area contributed by atoms with Crippen LogP contribution in [0.2, 0.25) is 0 Å². The molecule has 2 aromatic carbocycles. The normalized spacial score (nSPS) is 17.6. The Labute approximate surface area is 120 Å². The van der Waals surface area contributed by atoms with Crippen LogP contribution in [0.5, 0.6) is 5.75 Å². The predicted molar refractivity (Wildman–Crippen MR) is 82.2 cm³/mol. The van der Waals surface area contributed by atoms with E-state index in [-0.39, 0.29) is 0 Å². The highest BCUT2D eigenvalue weighted by molar-refractivity contribution is 5.33. The molecule has 0 amide bonds. The van der Waals surface area contributed by atoms with Crippen molar-refractivity contribution in [2.45, 2.75) is 25.3 Å². The van der Waals surface area contributed by atoms with E-state index in [1.807, 2.05) is 12.1 Å². The molecule has 1 atom stereocenters. The number of nitrogens with one attached hydrogen (secondary N) is 1. The Morgan fingerprint density at radius 1 is 1.10 bits per heavy atom. The van der Waals surface area contributed by atoms with Crippen LogP contribution in [0.1, 0.15) is 29.0 Å². The molecule has 2 heteroatoms. The molecule has 1 aliphatic heterocycles. The molecule has 1 heterocycles. The fourth-order valence-electron chi connectivity index (χ4n) is 2.98. The zero-order chi connectivity index (χ0) is 13.8. The maximum atomic E-state index is 5.20. The van der Waals surface area contributed by atoms with Crippen molar-refractivity contribution in [1.82, 2.24) is 5.32 Å². The molecular formula is C18H21NO. The van der Waals surface area contributed by atoms with Gasteiger partial charge >= 0.3 is 0 Å². The Balaban J connectivity index is 1.66. The lowest BCUT2D eigenvalue weighted by atomic mass is 9.86. The molecule has 0 fully saturated rings. The number of benzene rings is 2. The molecule has 1 aliphatic rings. The van der Waals surface area contributed by atoms with E-state index in [1.165, 1.54) is 23.1 Å². The van der Waals surface area contributed by atoms with E-state index in [0.29, 0.717) is 5.92 Å². The molecular weight excluding hydrogens is 246 g/mol. The Morgan fingerprint density at radius 3 is 2.70 bits per heavy atom. The largest absolute Gasteiger partial charge is 0.497 e. The average Bonchev–Trinajstić information content (AvgIpc) is 2.53. The molecule has 3 rings (SSSR count). The summed E-state index contributed by atoms with van der Waals surface area (Å²) >= 11 is 0. The fourth-order valence-corrected chi connectivity index (χ4v) is 2.98. The highest BCUT2D eigenvalue weighted by atomic mass is 16.5. The summed E-state index contributed by atoms with van der Waals surface area (Å²) in [6.07, 6.45) is 2.31. The van der Waals surface area contributed by atoms with E-state index in [9.17, 15) is 0 Å². The quantitative estimate of drug-likeness (QED) is 0.915. The van der Waals surface area contributed by atoms with Gasteiger partial charge in [0.15, 0.2) is 0 Å². The van der Waals surface area contributed by atoms with Crippen molar-refractivity contribution in [2.24, 2.45) is 0 Å². The summed E-state index contributed by atoms with van der Waals surface area (Å²) in [4.78, 5) is 0. The van der Waals surface area contributed by atoms with E-state index < -0.39 is 0 Å². The highest BCUT2D eigenvalue weighted by Gasteiger charge is 2.18. The molecule has 0 spiro atoms. The number of hydrogen-bond acceptors (Lipinski definition) is 2. The minimum Gasteiger partial charge on any atom is -0.497 e. The van der Waals surface area contributed by atoms with Gasteiger partial charge in [-0.15, -0.1) is 0 Å². The van der Waals surface area contributed by atoms with E-state index in [1.54, 1.807) is 7.11 Å². The summed E-state index contributed by atoms with van der Waals surface area (Å²) in [5.74, 6) is 1.56. The van der Waals surface area contributed by atoms with Crippen LogP contribution in [0.3, 0.4) is 0 Å². The molecule has 0 radical (unpaired) electrons. The monoisotopic (exact) mass is 267 g/mol. The van der Waals surface area contributed by atoms with Crippen molar-refractivity contribution in [2.75, 3.05) is 13.7 Å². The van der Waals surface area contributed by atoms with Gasteiger partial charge in [-0.3, -0.25) is 0 Å². The first-order valence-corrected chi connectivity index (χ1v) is 7.28. The van der Waals surface area contributed by atoms with Gasteiger partial charge in [0.1, 0.15) is 5.75 Å². The van der Waals surface area contributed by atoms with Crippen molar-refractivity contribution < 1.29 is 4.74 Å². The van der Waals surface area contributed by atoms with Gasteiger partial charge in [0.2, 0.25) is 0 Å². The van der Waals surface area contributed by atoms with Gasteiger partial charge in [0.05, 0.1) is 7.11 Å². The summed E-state index contributed by atoms with van der Waals surface area (Å²) in [5, 5.41) is 3.53. The second-order valence-electron chi connectivity index (χ2n) is 5.41. The SMILES string of the molecule is COc1ccc(CCC2CNCc3ccccc32)cc1. The van der Waals surface area contributed by atoms with Gasteiger partial charge in [-0.1, -0.05) is 36.4 Å². The summed E-state index contributed by atoms with van der Waals surface area (Å²) in [7, 11) is 1.71. The molecule has 0 saturated heterocycles. The molecule has 0 aromatic heterocycles. The van der Waals surface area contributed by atoms with Gasteiger partial charge in [0.25, 0.3) is 0 Å². The van der Waals surface area contributed by atoms with Crippen LogP contribution in [0, 0.1) is 0 Å². The van der Waals surface area contributed by atoms with E-state index >= 15 is 0 Å². The van der Waals surface area contributed by atoms with Crippen LogP contribution in [0.4, 0.5) is 0 Å². The molecule has 2 nitrogen and oxygen atoms in total. The van der Waals surface area contributed by atoms with Crippen LogP contribution in [-0.2, 0) is 13.0 Å². The van der Waals surface area contributed by atoms with E-state index in [0.717, 1.165) is 25.3 Å². The Bertz CT molecular complexity index is 562. The Hall–Kier alpha value is -1.80. The maximum Gasteiger partial charge on any atom is 0.118 e. The summed E-state index contributed by atoms with van der Waals surface area (Å²) < 4.78 is 5.20. The summed E-state index contributed by atoms with van der Waals surface area (Å²) in [6, 6.07) is 17.2. The number of rotatable bonds is 4. The molecule has 2 aromatic rings. The molecule has 1 N–H and O–H groups in total. The third kappa shape index (κ3) is 2.86. The van der Waals surface area contributed by atoms with Crippen molar-refractivity contribution in [3.05, 3.63) is 65.2 Å². The molecule has 20 heavy (non-hydrogen) atoms. The molecule has 1 unspecified atom stereocenters. The van der Waals surface area contributed by atoms with Crippen LogP contribution in [0.25, 0.3) is 0 Å². The standard InChI is InChI=1S/C18H21NO/c1-20-17-10-7-14(8-11-17)6-9-16-13-19-12-15-4-2-3-5-18(15)16/h2-5,7-8,10-11,16,19H,6,9,12-13H2,1H3. The number of ether oxygens (including phenoxy) is 1. The first kappa shape index (κ1) is 13.2. The van der Waals surface area contributed by atoms with Gasteiger partial charge in [0, 0.05) is 13.1 Å². The number of fused-ring (bicyclic) bond motifs is 1. The average molecular weight is 267 g/mol. The smallest absolute Gasteiger partial charge is 0.118 e. The molecule has 0 aliphatic carbocycles. The maximum absolute atomic E-state index is 5.20. The zero-order valence-corrected chi connectivity index (χ0v) is 11.9. The Morgan fingerprint density at radius 2 is 1.90 bits per heavy atom. The van der Waals surface area contributed by atoms with Crippen LogP contribution in [0.15, 0.2) is 48.5 Å². The van der Waals surface area contributed by atoms with Gasteiger partial charge in [-0.05, 0) is 47.6 Å². The van der Waals surface area contributed by atoms with Crippen molar-refractivity contribution in [3.63, 3.8) is 0 Å². The van der Waals surface area contributed by atoms with Crippen LogP contribution < -0.4 is 10.1 Å². The second kappa shape index (κ2) is 6.10. The van der Waals surface area contributed by atoms with Crippen molar-refractivity contribution in [3.8, 4) is 5.75 Å². The summed E-state index contributed by atoms with van der Waals surface area (Å²) in [5.41, 5.74) is 4.37. The second-order valence-corrected chi connectivity index (χ2v) is 5.41. The highest BCUT2D eigenvalue weighted by Crippen LogP contribution is 2.28. The topological polar surface area (TPSA) is 21.3 Å².